The molecule has 1 aliphatic heterocycles. The minimum absolute atomic E-state index is 0.0958. The number of carbonyl (C=O) groups excluding carboxylic acids is 2. The van der Waals surface area contributed by atoms with E-state index in [9.17, 15) is 9.59 Å². The molecule has 1 aliphatic rings. The first-order valence-corrected chi connectivity index (χ1v) is 14.8. The van der Waals surface area contributed by atoms with Crippen LogP contribution < -0.4 is 30.2 Å². The summed E-state index contributed by atoms with van der Waals surface area (Å²) in [5.41, 5.74) is 2.61. The van der Waals surface area contributed by atoms with E-state index in [1.165, 1.54) is 7.11 Å². The van der Waals surface area contributed by atoms with Crippen LogP contribution in [0, 0.1) is 5.82 Å². The van der Waals surface area contributed by atoms with Gasteiger partial charge in [0.25, 0.3) is 5.91 Å². The number of nitrogens with zero attached hydrogens (tertiary/aromatic N) is 2. The molecule has 3 aromatic carbocycles. The van der Waals surface area contributed by atoms with Gasteiger partial charge in [-0.15, -0.1) is 0 Å². The number of aromatic nitrogens is 1. The fourth-order valence-corrected chi connectivity index (χ4v) is 5.23. The number of rotatable bonds is 14. The van der Waals surface area contributed by atoms with Gasteiger partial charge < -0.3 is 39.8 Å². The summed E-state index contributed by atoms with van der Waals surface area (Å²) in [7, 11) is 4.70. The van der Waals surface area contributed by atoms with E-state index in [0.29, 0.717) is 47.5 Å². The van der Waals surface area contributed by atoms with E-state index in [-0.39, 0.29) is 41.1 Å². The van der Waals surface area contributed by atoms with Gasteiger partial charge in [-0.3, -0.25) is 9.59 Å². The third-order valence-electron chi connectivity index (χ3n) is 7.62. The maximum Gasteiger partial charge on any atom is 0.258 e. The summed E-state index contributed by atoms with van der Waals surface area (Å²) in [5, 5.41) is 8.93. The molecule has 2 amide bonds. The van der Waals surface area contributed by atoms with Crippen molar-refractivity contribution in [1.29, 1.82) is 0 Å². The van der Waals surface area contributed by atoms with Crippen molar-refractivity contribution in [3.63, 3.8) is 0 Å². The lowest BCUT2D eigenvalue weighted by molar-refractivity contribution is -0.111. The van der Waals surface area contributed by atoms with Gasteiger partial charge in [0.2, 0.25) is 5.91 Å². The quantitative estimate of drug-likeness (QED) is 0.103. The fourth-order valence-electron chi connectivity index (χ4n) is 5.23. The molecule has 11 nitrogen and oxygen atoms in total. The Kier molecular flexibility index (Phi) is 10.2. The molecule has 0 aliphatic carbocycles. The number of anilines is 5. The normalized spacial score (nSPS) is 13.5. The molecule has 2 heterocycles. The van der Waals surface area contributed by atoms with Crippen molar-refractivity contribution in [2.75, 3.05) is 50.5 Å². The van der Waals surface area contributed by atoms with Gasteiger partial charge >= 0.3 is 0 Å². The highest BCUT2D eigenvalue weighted by Crippen LogP contribution is 2.43. The lowest BCUT2D eigenvalue weighted by Crippen LogP contribution is -2.26. The zero-order valence-electron chi connectivity index (χ0n) is 26.6. The van der Waals surface area contributed by atoms with Gasteiger partial charge in [0.15, 0.2) is 11.6 Å². The second-order valence-corrected chi connectivity index (χ2v) is 10.6. The van der Waals surface area contributed by atoms with Crippen LogP contribution in [0.1, 0.15) is 34.5 Å². The summed E-state index contributed by atoms with van der Waals surface area (Å²) < 4.78 is 38.0. The third kappa shape index (κ3) is 7.28. The molecule has 47 heavy (non-hydrogen) atoms. The first-order chi connectivity index (χ1) is 22.8. The average Bonchev–Trinajstić information content (AvgIpc) is 3.33. The van der Waals surface area contributed by atoms with Crippen LogP contribution in [-0.4, -0.2) is 56.2 Å². The van der Waals surface area contributed by atoms with Crippen LogP contribution in [0.2, 0.25) is 0 Å². The van der Waals surface area contributed by atoms with Gasteiger partial charge in [0.05, 0.1) is 39.0 Å². The molecular formula is C35H36FN5O6. The molecule has 0 radical (unpaired) electrons. The van der Waals surface area contributed by atoms with E-state index < -0.39 is 11.9 Å². The fraction of sp³-hybridized carbons (Fsp3) is 0.229. The lowest BCUT2D eigenvalue weighted by atomic mass is 10.1. The van der Waals surface area contributed by atoms with Gasteiger partial charge in [-0.1, -0.05) is 12.6 Å². The highest BCUT2D eigenvalue weighted by Gasteiger charge is 2.41. The molecule has 0 saturated heterocycles. The second kappa shape index (κ2) is 14.6. The highest BCUT2D eigenvalue weighted by atomic mass is 19.1. The highest BCUT2D eigenvalue weighted by molar-refractivity contribution is 6.04. The lowest BCUT2D eigenvalue weighted by Gasteiger charge is -2.23. The van der Waals surface area contributed by atoms with Crippen LogP contribution in [0.25, 0.3) is 0 Å². The molecule has 1 aromatic heterocycles. The smallest absolute Gasteiger partial charge is 0.258 e. The van der Waals surface area contributed by atoms with Crippen LogP contribution >= 0.6 is 0 Å². The maximum atomic E-state index is 16.4. The molecule has 4 aromatic rings. The van der Waals surface area contributed by atoms with Crippen LogP contribution in [0.5, 0.6) is 17.2 Å². The Labute approximate surface area is 272 Å². The van der Waals surface area contributed by atoms with Gasteiger partial charge in [-0.25, -0.2) is 9.37 Å². The number of halogens is 1. The Balaban J connectivity index is 1.52. The standard InChI is InChI=1S/C35H36FN5O6/c1-6-29(42)37-24-8-7-9-25(18-24)39-34-32(36)30-21(2)41(20-22-10-13-27(45-4)19-28(22)46-5)35(43)31(30)33(40-34)38-23-11-14-26(15-12-23)47-17-16-44-3/h6-15,18-19,21H,1,16-17,20H2,2-5H3,(H,37,42)(H2,38,39,40). The van der Waals surface area contributed by atoms with Gasteiger partial charge in [0.1, 0.15) is 29.7 Å². The predicted molar refractivity (Wildman–Crippen MR) is 178 cm³/mol. The Hall–Kier alpha value is -5.62. The monoisotopic (exact) mass is 641 g/mol. The van der Waals surface area contributed by atoms with Crippen molar-refractivity contribution in [2.24, 2.45) is 0 Å². The van der Waals surface area contributed by atoms with Crippen molar-refractivity contribution in [3.8, 4) is 17.2 Å². The molecule has 0 bridgehead atoms. The van der Waals surface area contributed by atoms with Gasteiger partial charge in [0, 0.05) is 41.4 Å². The van der Waals surface area contributed by atoms with E-state index in [1.54, 1.807) is 86.7 Å². The van der Waals surface area contributed by atoms with Crippen molar-refractivity contribution >= 4 is 40.5 Å². The molecule has 1 unspecified atom stereocenters. The summed E-state index contributed by atoms with van der Waals surface area (Å²) in [5.74, 6) is 0.422. The van der Waals surface area contributed by atoms with Crippen LogP contribution in [0.3, 0.4) is 0 Å². The van der Waals surface area contributed by atoms with Crippen molar-refractivity contribution < 1.29 is 32.9 Å². The molecule has 244 valence electrons. The first kappa shape index (κ1) is 32.8. The first-order valence-electron chi connectivity index (χ1n) is 14.8. The average molecular weight is 642 g/mol. The van der Waals surface area contributed by atoms with Crippen molar-refractivity contribution in [1.82, 2.24) is 9.88 Å². The zero-order valence-corrected chi connectivity index (χ0v) is 26.6. The maximum absolute atomic E-state index is 16.4. The summed E-state index contributed by atoms with van der Waals surface area (Å²) in [6.45, 7) is 6.24. The van der Waals surface area contributed by atoms with Crippen molar-refractivity contribution in [3.05, 3.63) is 102 Å². The van der Waals surface area contributed by atoms with Gasteiger partial charge in [-0.05, 0) is 67.6 Å². The molecule has 3 N–H and O–H groups in total. The van der Waals surface area contributed by atoms with Crippen LogP contribution in [0.4, 0.5) is 33.1 Å². The number of pyridine rings is 1. The number of methoxy groups -OCH3 is 3. The number of hydrogen-bond acceptors (Lipinski definition) is 9. The predicted octanol–water partition coefficient (Wildman–Crippen LogP) is 6.59. The van der Waals surface area contributed by atoms with E-state index in [1.807, 2.05) is 6.07 Å². The Morgan fingerprint density at radius 3 is 2.36 bits per heavy atom. The molecule has 12 heteroatoms. The number of benzene rings is 3. The summed E-state index contributed by atoms with van der Waals surface area (Å²) >= 11 is 0. The number of fused-ring (bicyclic) bond motifs is 1. The van der Waals surface area contributed by atoms with E-state index in [4.69, 9.17) is 18.9 Å². The number of hydrogen-bond donors (Lipinski definition) is 3. The largest absolute Gasteiger partial charge is 0.497 e. The summed E-state index contributed by atoms with van der Waals surface area (Å²) in [6.07, 6.45) is 1.16. The minimum atomic E-state index is -0.669. The van der Waals surface area contributed by atoms with E-state index >= 15 is 4.39 Å². The molecule has 0 spiro atoms. The van der Waals surface area contributed by atoms with Gasteiger partial charge in [-0.2, -0.15) is 0 Å². The molecule has 1 atom stereocenters. The Morgan fingerprint density at radius 2 is 1.66 bits per heavy atom. The Bertz CT molecular complexity index is 1780. The van der Waals surface area contributed by atoms with E-state index in [2.05, 4.69) is 27.5 Å². The van der Waals surface area contributed by atoms with Crippen LogP contribution in [0.15, 0.2) is 79.4 Å². The number of carbonyl (C=O) groups is 2. The van der Waals surface area contributed by atoms with Crippen LogP contribution in [-0.2, 0) is 16.1 Å². The number of nitrogens with one attached hydrogen (secondary N) is 3. The SMILES string of the molecule is C=CC(=O)Nc1cccc(Nc2nc(Nc3ccc(OCCOC)cc3)c3c(c2F)C(C)N(Cc2ccc(OC)cc2OC)C3=O)c1. The zero-order chi connectivity index (χ0) is 33.5. The second-order valence-electron chi connectivity index (χ2n) is 10.6. The van der Waals surface area contributed by atoms with E-state index in [0.717, 1.165) is 11.6 Å². The summed E-state index contributed by atoms with van der Waals surface area (Å²) in [6, 6.07) is 18.5. The summed E-state index contributed by atoms with van der Waals surface area (Å²) in [4.78, 5) is 32.0. The Morgan fingerprint density at radius 1 is 0.936 bits per heavy atom. The molecule has 0 saturated carbocycles. The molecular weight excluding hydrogens is 605 g/mol. The third-order valence-corrected chi connectivity index (χ3v) is 7.62. The molecule has 5 rings (SSSR count). The topological polar surface area (TPSA) is 123 Å². The van der Waals surface area contributed by atoms with Crippen molar-refractivity contribution in [2.45, 2.75) is 19.5 Å². The number of amides is 2. The molecule has 0 fully saturated rings. The number of ether oxygens (including phenoxy) is 4. The minimum Gasteiger partial charge on any atom is -0.497 e.